The van der Waals surface area contributed by atoms with Gasteiger partial charge >= 0.3 is 0 Å². The monoisotopic (exact) mass is 479 g/mol. The van der Waals surface area contributed by atoms with Crippen LogP contribution in [0.3, 0.4) is 0 Å². The van der Waals surface area contributed by atoms with E-state index in [2.05, 4.69) is 29.5 Å². The highest BCUT2D eigenvalue weighted by molar-refractivity contribution is 5.90. The molecular formula is C28H37N3O4. The van der Waals surface area contributed by atoms with Gasteiger partial charge in [0.05, 0.1) is 13.7 Å². The molecule has 2 amide bonds. The number of fused-ring (bicyclic) bond motifs is 1. The number of nitrogens with one attached hydrogen (secondary N) is 3. The fraction of sp³-hybridized carbons (Fsp3) is 0.429. The number of amides is 2. The third kappa shape index (κ3) is 7.25. The van der Waals surface area contributed by atoms with Gasteiger partial charge in [-0.25, -0.2) is 0 Å². The predicted molar refractivity (Wildman–Crippen MR) is 139 cm³/mol. The van der Waals surface area contributed by atoms with Crippen LogP contribution in [0.25, 0.3) is 10.9 Å². The van der Waals surface area contributed by atoms with E-state index in [9.17, 15) is 9.59 Å². The Morgan fingerprint density at radius 3 is 2.49 bits per heavy atom. The van der Waals surface area contributed by atoms with Gasteiger partial charge in [0.15, 0.2) is 11.5 Å². The van der Waals surface area contributed by atoms with E-state index in [1.54, 1.807) is 7.11 Å². The Balaban J connectivity index is 1.69. The van der Waals surface area contributed by atoms with E-state index in [-0.39, 0.29) is 17.7 Å². The first-order valence-electron chi connectivity index (χ1n) is 12.2. The highest BCUT2D eigenvalue weighted by Gasteiger charge is 2.23. The van der Waals surface area contributed by atoms with Crippen LogP contribution in [0.15, 0.2) is 48.7 Å². The summed E-state index contributed by atoms with van der Waals surface area (Å²) in [5.41, 5.74) is 2.86. The summed E-state index contributed by atoms with van der Waals surface area (Å²) in [6.07, 6.45) is 3.25. The molecule has 0 spiro atoms. The lowest BCUT2D eigenvalue weighted by atomic mass is 10.0. The summed E-state index contributed by atoms with van der Waals surface area (Å²) in [6.45, 7) is 8.86. The molecule has 0 saturated heterocycles. The van der Waals surface area contributed by atoms with Crippen molar-refractivity contribution in [3.8, 4) is 11.5 Å². The molecule has 0 aliphatic heterocycles. The van der Waals surface area contributed by atoms with Gasteiger partial charge in [0.1, 0.15) is 6.04 Å². The molecule has 3 rings (SSSR count). The maximum absolute atomic E-state index is 13.2. The predicted octanol–water partition coefficient (Wildman–Crippen LogP) is 4.60. The second-order valence-corrected chi connectivity index (χ2v) is 9.51. The minimum absolute atomic E-state index is 0.158. The van der Waals surface area contributed by atoms with Crippen LogP contribution in [0.2, 0.25) is 0 Å². The van der Waals surface area contributed by atoms with E-state index in [4.69, 9.17) is 9.47 Å². The average molecular weight is 480 g/mol. The van der Waals surface area contributed by atoms with Gasteiger partial charge in [-0.3, -0.25) is 9.59 Å². The SMILES string of the molecule is COc1cc(CNC(=O)C(Cc2c[nH]c3ccccc23)NC(=O)C(C)C)ccc1OCCC(C)C. The van der Waals surface area contributed by atoms with Gasteiger partial charge in [-0.2, -0.15) is 0 Å². The van der Waals surface area contributed by atoms with Gasteiger partial charge < -0.3 is 25.1 Å². The second kappa shape index (κ2) is 12.3. The number of aromatic amines is 1. The van der Waals surface area contributed by atoms with E-state index in [1.165, 1.54) is 0 Å². The van der Waals surface area contributed by atoms with Gasteiger partial charge in [-0.1, -0.05) is 52.0 Å². The maximum Gasteiger partial charge on any atom is 0.243 e. The molecule has 0 saturated carbocycles. The summed E-state index contributed by atoms with van der Waals surface area (Å²) >= 11 is 0. The molecule has 7 nitrogen and oxygen atoms in total. The lowest BCUT2D eigenvalue weighted by Gasteiger charge is -2.20. The van der Waals surface area contributed by atoms with E-state index in [1.807, 2.05) is 62.5 Å². The first-order valence-corrected chi connectivity index (χ1v) is 12.2. The van der Waals surface area contributed by atoms with E-state index in [0.29, 0.717) is 37.0 Å². The zero-order valence-corrected chi connectivity index (χ0v) is 21.3. The molecule has 0 fully saturated rings. The molecule has 0 bridgehead atoms. The van der Waals surface area contributed by atoms with Crippen LogP contribution in [0.5, 0.6) is 11.5 Å². The number of methoxy groups -OCH3 is 1. The fourth-order valence-electron chi connectivity index (χ4n) is 3.73. The summed E-state index contributed by atoms with van der Waals surface area (Å²) in [6, 6.07) is 12.9. The van der Waals surface area contributed by atoms with Gasteiger partial charge in [-0.15, -0.1) is 0 Å². The molecular weight excluding hydrogens is 442 g/mol. The lowest BCUT2D eigenvalue weighted by Crippen LogP contribution is -2.48. The number of para-hydroxylation sites is 1. The highest BCUT2D eigenvalue weighted by atomic mass is 16.5. The minimum Gasteiger partial charge on any atom is -0.493 e. The zero-order chi connectivity index (χ0) is 25.4. The quantitative estimate of drug-likeness (QED) is 0.354. The topological polar surface area (TPSA) is 92.5 Å². The summed E-state index contributed by atoms with van der Waals surface area (Å²) < 4.78 is 11.3. The van der Waals surface area contributed by atoms with Crippen LogP contribution >= 0.6 is 0 Å². The molecule has 1 unspecified atom stereocenters. The Labute approximate surface area is 207 Å². The van der Waals surface area contributed by atoms with Crippen LogP contribution < -0.4 is 20.1 Å². The third-order valence-corrected chi connectivity index (χ3v) is 5.90. The summed E-state index contributed by atoms with van der Waals surface area (Å²) in [5, 5.41) is 6.93. The third-order valence-electron chi connectivity index (χ3n) is 5.90. The molecule has 0 radical (unpaired) electrons. The molecule has 188 valence electrons. The van der Waals surface area contributed by atoms with Crippen molar-refractivity contribution in [1.82, 2.24) is 15.6 Å². The van der Waals surface area contributed by atoms with E-state index in [0.717, 1.165) is 28.5 Å². The highest BCUT2D eigenvalue weighted by Crippen LogP contribution is 2.28. The molecule has 35 heavy (non-hydrogen) atoms. The van der Waals surface area contributed by atoms with Crippen molar-refractivity contribution in [2.45, 2.75) is 53.1 Å². The van der Waals surface area contributed by atoms with Crippen molar-refractivity contribution >= 4 is 22.7 Å². The molecule has 1 heterocycles. The standard InChI is InChI=1S/C28H37N3O4/c1-18(2)12-13-35-25-11-10-20(14-26(25)34-5)16-30-28(33)24(31-27(32)19(3)4)15-21-17-29-23-9-7-6-8-22(21)23/h6-11,14,17-19,24,29H,12-13,15-16H2,1-5H3,(H,30,33)(H,31,32). The number of ether oxygens (including phenoxy) is 2. The molecule has 1 atom stereocenters. The maximum atomic E-state index is 13.2. The Hall–Kier alpha value is -3.48. The Morgan fingerprint density at radius 1 is 1.00 bits per heavy atom. The molecule has 3 aromatic rings. The van der Waals surface area contributed by atoms with Crippen molar-refractivity contribution in [1.29, 1.82) is 0 Å². The van der Waals surface area contributed by atoms with Gasteiger partial charge in [0.2, 0.25) is 11.8 Å². The van der Waals surface area contributed by atoms with Crippen LogP contribution in [-0.2, 0) is 22.6 Å². The second-order valence-electron chi connectivity index (χ2n) is 9.51. The Bertz CT molecular complexity index is 1140. The van der Waals surface area contributed by atoms with Crippen molar-refractivity contribution in [3.05, 3.63) is 59.8 Å². The summed E-state index contributed by atoms with van der Waals surface area (Å²) in [4.78, 5) is 28.9. The first-order chi connectivity index (χ1) is 16.8. The summed E-state index contributed by atoms with van der Waals surface area (Å²) in [7, 11) is 1.60. The molecule has 7 heteroatoms. The number of rotatable bonds is 12. The van der Waals surface area contributed by atoms with Crippen molar-refractivity contribution in [2.75, 3.05) is 13.7 Å². The minimum atomic E-state index is -0.690. The van der Waals surface area contributed by atoms with Crippen LogP contribution in [0, 0.1) is 11.8 Å². The van der Waals surface area contributed by atoms with Crippen LogP contribution in [0.1, 0.15) is 45.2 Å². The normalized spacial score (nSPS) is 12.1. The molecule has 3 N–H and O–H groups in total. The van der Waals surface area contributed by atoms with Crippen LogP contribution in [0.4, 0.5) is 0 Å². The van der Waals surface area contributed by atoms with Gasteiger partial charge in [0, 0.05) is 36.0 Å². The molecule has 2 aromatic carbocycles. The number of H-pyrrole nitrogens is 1. The number of carbonyl (C=O) groups is 2. The summed E-state index contributed by atoms with van der Waals surface area (Å²) in [5.74, 6) is 1.26. The Kier molecular flexibility index (Phi) is 9.18. The lowest BCUT2D eigenvalue weighted by molar-refractivity contribution is -0.130. The van der Waals surface area contributed by atoms with Crippen molar-refractivity contribution in [3.63, 3.8) is 0 Å². The number of carbonyl (C=O) groups excluding carboxylic acids is 2. The van der Waals surface area contributed by atoms with E-state index >= 15 is 0 Å². The van der Waals surface area contributed by atoms with Gasteiger partial charge in [-0.05, 0) is 41.7 Å². The molecule has 0 aliphatic carbocycles. The number of hydrogen-bond donors (Lipinski definition) is 3. The Morgan fingerprint density at radius 2 is 1.77 bits per heavy atom. The number of aromatic nitrogens is 1. The van der Waals surface area contributed by atoms with E-state index < -0.39 is 6.04 Å². The van der Waals surface area contributed by atoms with Crippen molar-refractivity contribution in [2.24, 2.45) is 11.8 Å². The van der Waals surface area contributed by atoms with Crippen molar-refractivity contribution < 1.29 is 19.1 Å². The van der Waals surface area contributed by atoms with Gasteiger partial charge in [0.25, 0.3) is 0 Å². The number of benzene rings is 2. The average Bonchev–Trinajstić information content (AvgIpc) is 3.25. The first kappa shape index (κ1) is 26.1. The fourth-order valence-corrected chi connectivity index (χ4v) is 3.73. The van der Waals surface area contributed by atoms with Crippen LogP contribution in [-0.4, -0.2) is 36.6 Å². The molecule has 0 aliphatic rings. The number of hydrogen-bond acceptors (Lipinski definition) is 4. The molecule has 1 aromatic heterocycles. The largest absolute Gasteiger partial charge is 0.493 e. The zero-order valence-electron chi connectivity index (χ0n) is 21.3. The smallest absolute Gasteiger partial charge is 0.243 e.